The Hall–Kier alpha value is -2.62. The molecule has 1 unspecified atom stereocenters. The summed E-state index contributed by atoms with van der Waals surface area (Å²) < 4.78 is 0. The van der Waals surface area contributed by atoms with Crippen molar-refractivity contribution in [1.82, 2.24) is 10.6 Å². The molecule has 23 heavy (non-hydrogen) atoms. The lowest BCUT2D eigenvalue weighted by molar-refractivity contribution is -0.385. The van der Waals surface area contributed by atoms with E-state index in [1.165, 1.54) is 36.9 Å². The first-order valence-corrected chi connectivity index (χ1v) is 7.48. The van der Waals surface area contributed by atoms with E-state index in [-0.39, 0.29) is 18.0 Å². The minimum atomic E-state index is -0.892. The molecular weight excluding hydrogens is 324 g/mol. The molecular formula is C13H16N4O5S. The summed E-state index contributed by atoms with van der Waals surface area (Å²) in [4.78, 5) is 44.6. The predicted molar refractivity (Wildman–Crippen MR) is 83.6 cm³/mol. The van der Waals surface area contributed by atoms with Crippen molar-refractivity contribution in [2.24, 2.45) is 5.73 Å². The van der Waals surface area contributed by atoms with Crippen molar-refractivity contribution >= 4 is 35.2 Å². The van der Waals surface area contributed by atoms with Gasteiger partial charge in [0.1, 0.15) is 6.04 Å². The number of nitrogens with one attached hydrogen (secondary N) is 2. The first-order valence-electron chi connectivity index (χ1n) is 6.50. The maximum atomic E-state index is 11.9. The number of nitrogens with zero attached hydrogens (tertiary/aromatic N) is 1. The second-order valence-corrected chi connectivity index (χ2v) is 5.60. The lowest BCUT2D eigenvalue weighted by atomic mass is 10.3. The van der Waals surface area contributed by atoms with Crippen LogP contribution < -0.4 is 16.4 Å². The van der Waals surface area contributed by atoms with E-state index in [0.29, 0.717) is 4.90 Å². The lowest BCUT2D eigenvalue weighted by Gasteiger charge is -2.16. The van der Waals surface area contributed by atoms with Crippen molar-refractivity contribution in [3.63, 3.8) is 0 Å². The molecule has 3 amide bonds. The van der Waals surface area contributed by atoms with Crippen LogP contribution in [-0.4, -0.2) is 41.0 Å². The Kier molecular flexibility index (Phi) is 7.00. The van der Waals surface area contributed by atoms with Crippen molar-refractivity contribution in [2.75, 3.05) is 12.3 Å². The monoisotopic (exact) mass is 340 g/mol. The largest absolute Gasteiger partial charge is 0.368 e. The summed E-state index contributed by atoms with van der Waals surface area (Å²) in [7, 11) is 0. The maximum absolute atomic E-state index is 11.9. The van der Waals surface area contributed by atoms with E-state index in [9.17, 15) is 24.5 Å². The van der Waals surface area contributed by atoms with Crippen LogP contribution in [0, 0.1) is 10.1 Å². The van der Waals surface area contributed by atoms with Gasteiger partial charge < -0.3 is 16.4 Å². The molecule has 1 rings (SSSR count). The summed E-state index contributed by atoms with van der Waals surface area (Å²) in [5.41, 5.74) is 4.88. The van der Waals surface area contributed by atoms with Gasteiger partial charge in [-0.25, -0.2) is 0 Å². The van der Waals surface area contributed by atoms with Crippen LogP contribution >= 0.6 is 11.8 Å². The SMILES string of the molecule is CC(=O)NC(CSc1cccc([N+](=O)[O-])c1)C(=O)NCC(N)=O. The molecule has 0 fully saturated rings. The van der Waals surface area contributed by atoms with Gasteiger partial charge in [-0.1, -0.05) is 6.07 Å². The second kappa shape index (κ2) is 8.73. The zero-order valence-corrected chi connectivity index (χ0v) is 13.1. The van der Waals surface area contributed by atoms with Gasteiger partial charge >= 0.3 is 0 Å². The molecule has 0 aromatic heterocycles. The molecule has 1 aromatic carbocycles. The van der Waals surface area contributed by atoms with Gasteiger partial charge in [-0.2, -0.15) is 0 Å². The third kappa shape index (κ3) is 6.78. The van der Waals surface area contributed by atoms with Gasteiger partial charge in [0.2, 0.25) is 17.7 Å². The Morgan fingerprint density at radius 1 is 1.39 bits per heavy atom. The van der Waals surface area contributed by atoms with Crippen LogP contribution in [-0.2, 0) is 14.4 Å². The predicted octanol–water partition coefficient (Wildman–Crippen LogP) is -0.207. The Labute approximate surface area is 136 Å². The quantitative estimate of drug-likeness (QED) is 0.339. The number of thioether (sulfide) groups is 1. The molecule has 9 nitrogen and oxygen atoms in total. The minimum absolute atomic E-state index is 0.0655. The minimum Gasteiger partial charge on any atom is -0.368 e. The van der Waals surface area contributed by atoms with E-state index in [1.807, 2.05) is 0 Å². The fraction of sp³-hybridized carbons (Fsp3) is 0.308. The van der Waals surface area contributed by atoms with Crippen molar-refractivity contribution in [3.8, 4) is 0 Å². The number of non-ortho nitro benzene ring substituents is 1. The third-order valence-corrected chi connectivity index (χ3v) is 3.66. The lowest BCUT2D eigenvalue weighted by Crippen LogP contribution is -2.49. The zero-order chi connectivity index (χ0) is 17.4. The molecule has 0 spiro atoms. The summed E-state index contributed by atoms with van der Waals surface area (Å²) in [5, 5.41) is 15.5. The highest BCUT2D eigenvalue weighted by atomic mass is 32.2. The topological polar surface area (TPSA) is 144 Å². The molecule has 0 saturated heterocycles. The van der Waals surface area contributed by atoms with E-state index in [4.69, 9.17) is 5.73 Å². The third-order valence-electron chi connectivity index (χ3n) is 2.58. The number of hydrogen-bond donors (Lipinski definition) is 3. The average molecular weight is 340 g/mol. The van der Waals surface area contributed by atoms with Gasteiger partial charge in [-0.3, -0.25) is 24.5 Å². The molecule has 4 N–H and O–H groups in total. The van der Waals surface area contributed by atoms with Gasteiger partial charge in [0, 0.05) is 29.7 Å². The van der Waals surface area contributed by atoms with Gasteiger partial charge in [0.05, 0.1) is 11.5 Å². The Bertz CT molecular complexity index is 622. The van der Waals surface area contributed by atoms with E-state index in [2.05, 4.69) is 10.6 Å². The van der Waals surface area contributed by atoms with E-state index < -0.39 is 28.7 Å². The van der Waals surface area contributed by atoms with Crippen LogP contribution in [0.25, 0.3) is 0 Å². The second-order valence-electron chi connectivity index (χ2n) is 4.50. The van der Waals surface area contributed by atoms with Crippen LogP contribution in [0.4, 0.5) is 5.69 Å². The fourth-order valence-electron chi connectivity index (χ4n) is 1.59. The summed E-state index contributed by atoms with van der Waals surface area (Å²) in [5.74, 6) is -1.53. The van der Waals surface area contributed by atoms with Gasteiger partial charge in [-0.15, -0.1) is 11.8 Å². The molecule has 0 saturated carbocycles. The molecule has 0 heterocycles. The van der Waals surface area contributed by atoms with Crippen LogP contribution in [0.1, 0.15) is 6.92 Å². The number of nitro benzene ring substituents is 1. The number of hydrogen-bond acceptors (Lipinski definition) is 6. The standard InChI is InChI=1S/C13H16N4O5S/c1-8(18)16-11(13(20)15-6-12(14)19)7-23-10-4-2-3-9(5-10)17(21)22/h2-5,11H,6-7H2,1H3,(H2,14,19)(H,15,20)(H,16,18). The number of nitro groups is 1. The number of nitrogens with two attached hydrogens (primary N) is 1. The molecule has 0 bridgehead atoms. The molecule has 0 aliphatic rings. The van der Waals surface area contributed by atoms with E-state index in [1.54, 1.807) is 6.07 Å². The smallest absolute Gasteiger partial charge is 0.270 e. The Balaban J connectivity index is 2.71. The molecule has 10 heteroatoms. The number of primary amides is 1. The fourth-order valence-corrected chi connectivity index (χ4v) is 2.56. The first kappa shape index (κ1) is 18.4. The molecule has 0 aliphatic heterocycles. The highest BCUT2D eigenvalue weighted by molar-refractivity contribution is 7.99. The summed E-state index contributed by atoms with van der Waals surface area (Å²) in [6, 6.07) is 5.02. The molecule has 0 aliphatic carbocycles. The van der Waals surface area contributed by atoms with Crippen molar-refractivity contribution in [1.29, 1.82) is 0 Å². The summed E-state index contributed by atoms with van der Waals surface area (Å²) >= 11 is 1.17. The zero-order valence-electron chi connectivity index (χ0n) is 12.3. The van der Waals surface area contributed by atoms with E-state index in [0.717, 1.165) is 0 Å². The number of carbonyl (C=O) groups is 3. The van der Waals surface area contributed by atoms with Crippen LogP contribution in [0.5, 0.6) is 0 Å². The van der Waals surface area contributed by atoms with Crippen LogP contribution in [0.15, 0.2) is 29.2 Å². The normalized spacial score (nSPS) is 11.3. The summed E-state index contributed by atoms with van der Waals surface area (Å²) in [6.07, 6.45) is 0. The van der Waals surface area contributed by atoms with Gasteiger partial charge in [-0.05, 0) is 6.07 Å². The van der Waals surface area contributed by atoms with E-state index >= 15 is 0 Å². The molecule has 124 valence electrons. The Morgan fingerprint density at radius 2 is 2.09 bits per heavy atom. The highest BCUT2D eigenvalue weighted by Gasteiger charge is 2.20. The number of benzene rings is 1. The van der Waals surface area contributed by atoms with Crippen LogP contribution in [0.2, 0.25) is 0 Å². The molecule has 0 radical (unpaired) electrons. The number of amides is 3. The maximum Gasteiger partial charge on any atom is 0.270 e. The van der Waals surface area contributed by atoms with Gasteiger partial charge in [0.25, 0.3) is 5.69 Å². The van der Waals surface area contributed by atoms with Gasteiger partial charge in [0.15, 0.2) is 0 Å². The Morgan fingerprint density at radius 3 is 2.65 bits per heavy atom. The summed E-state index contributed by atoms with van der Waals surface area (Å²) in [6.45, 7) is 0.919. The first-order chi connectivity index (χ1) is 10.8. The van der Waals surface area contributed by atoms with Crippen molar-refractivity contribution in [3.05, 3.63) is 34.4 Å². The van der Waals surface area contributed by atoms with Crippen LogP contribution in [0.3, 0.4) is 0 Å². The number of rotatable bonds is 8. The van der Waals surface area contributed by atoms with Crippen molar-refractivity contribution < 1.29 is 19.3 Å². The molecule has 1 aromatic rings. The number of carbonyl (C=O) groups excluding carboxylic acids is 3. The average Bonchev–Trinajstić information content (AvgIpc) is 2.48. The molecule has 1 atom stereocenters. The highest BCUT2D eigenvalue weighted by Crippen LogP contribution is 2.23. The van der Waals surface area contributed by atoms with Crippen molar-refractivity contribution in [2.45, 2.75) is 17.9 Å².